The quantitative estimate of drug-likeness (QED) is 0.723. The van der Waals surface area contributed by atoms with Crippen LogP contribution in [0.25, 0.3) is 0 Å². The van der Waals surface area contributed by atoms with Crippen molar-refractivity contribution in [1.29, 1.82) is 0 Å². The highest BCUT2D eigenvalue weighted by atomic mass is 35.5. The highest BCUT2D eigenvalue weighted by Crippen LogP contribution is 2.31. The number of ketones is 1. The number of amides is 2. The average molecular weight is 381 g/mol. The van der Waals surface area contributed by atoms with E-state index in [2.05, 4.69) is 5.32 Å². The molecule has 0 aromatic heterocycles. The Morgan fingerprint density at radius 2 is 1.85 bits per heavy atom. The van der Waals surface area contributed by atoms with Crippen molar-refractivity contribution in [3.8, 4) is 0 Å². The van der Waals surface area contributed by atoms with Gasteiger partial charge in [0.1, 0.15) is 0 Å². The summed E-state index contributed by atoms with van der Waals surface area (Å²) < 4.78 is 4.90. The van der Waals surface area contributed by atoms with Gasteiger partial charge in [0.25, 0.3) is 5.91 Å². The van der Waals surface area contributed by atoms with Gasteiger partial charge in [0.15, 0.2) is 11.9 Å². The van der Waals surface area contributed by atoms with Gasteiger partial charge in [-0.1, -0.05) is 44.7 Å². The van der Waals surface area contributed by atoms with E-state index in [1.54, 1.807) is 32.0 Å². The molecule has 26 heavy (non-hydrogen) atoms. The number of rotatable bonds is 6. The highest BCUT2D eigenvalue weighted by Gasteiger charge is 2.29. The molecule has 1 saturated carbocycles. The van der Waals surface area contributed by atoms with Crippen molar-refractivity contribution < 1.29 is 19.1 Å². The molecule has 1 fully saturated rings. The standard InChI is InChI=1S/C19H25ClN2O4/c1-11(2)17(26-19(21)25)18(24)22-15-9-8-13(20)10-14(15)16(23)12-6-4-3-5-7-12/h8-12,17H,3-7H2,1-2H3,(H2,21,25)(H,22,24). The Morgan fingerprint density at radius 1 is 1.19 bits per heavy atom. The zero-order valence-electron chi connectivity index (χ0n) is 15.1. The molecule has 1 unspecified atom stereocenters. The molecule has 0 radical (unpaired) electrons. The van der Waals surface area contributed by atoms with Crippen LogP contribution in [0.1, 0.15) is 56.3 Å². The number of hydrogen-bond acceptors (Lipinski definition) is 4. The average Bonchev–Trinajstić information content (AvgIpc) is 2.60. The van der Waals surface area contributed by atoms with Gasteiger partial charge in [-0.3, -0.25) is 9.59 Å². The summed E-state index contributed by atoms with van der Waals surface area (Å²) in [6.07, 6.45) is 2.83. The highest BCUT2D eigenvalue weighted by molar-refractivity contribution is 6.31. The first-order valence-corrected chi connectivity index (χ1v) is 9.28. The molecule has 1 atom stereocenters. The van der Waals surface area contributed by atoms with Crippen molar-refractivity contribution in [2.75, 3.05) is 5.32 Å². The molecule has 0 aliphatic heterocycles. The summed E-state index contributed by atoms with van der Waals surface area (Å²) in [4.78, 5) is 36.5. The van der Waals surface area contributed by atoms with E-state index in [9.17, 15) is 14.4 Å². The molecular formula is C19H25ClN2O4. The van der Waals surface area contributed by atoms with E-state index in [0.29, 0.717) is 16.3 Å². The maximum absolute atomic E-state index is 12.9. The van der Waals surface area contributed by atoms with Crippen LogP contribution in [0.2, 0.25) is 5.02 Å². The molecule has 1 aromatic carbocycles. The molecule has 1 aromatic rings. The summed E-state index contributed by atoms with van der Waals surface area (Å²) in [6.45, 7) is 3.48. The molecule has 2 rings (SSSR count). The lowest BCUT2D eigenvalue weighted by atomic mass is 9.83. The molecular weight excluding hydrogens is 356 g/mol. The summed E-state index contributed by atoms with van der Waals surface area (Å²) in [7, 11) is 0. The lowest BCUT2D eigenvalue weighted by Crippen LogP contribution is -2.38. The van der Waals surface area contributed by atoms with E-state index in [-0.39, 0.29) is 17.6 Å². The summed E-state index contributed by atoms with van der Waals surface area (Å²) in [5.74, 6) is -0.869. The third-order valence-electron chi connectivity index (χ3n) is 4.59. The number of carbonyl (C=O) groups excluding carboxylic acids is 3. The van der Waals surface area contributed by atoms with Crippen molar-refractivity contribution in [1.82, 2.24) is 0 Å². The monoisotopic (exact) mass is 380 g/mol. The van der Waals surface area contributed by atoms with E-state index >= 15 is 0 Å². The number of anilines is 1. The lowest BCUT2D eigenvalue weighted by molar-refractivity contribution is -0.126. The smallest absolute Gasteiger partial charge is 0.405 e. The van der Waals surface area contributed by atoms with Crippen molar-refractivity contribution >= 4 is 35.1 Å². The van der Waals surface area contributed by atoms with Crippen LogP contribution >= 0.6 is 11.6 Å². The number of hydrogen-bond donors (Lipinski definition) is 2. The molecule has 0 bridgehead atoms. The Bertz CT molecular complexity index is 684. The molecule has 0 saturated heterocycles. The van der Waals surface area contributed by atoms with Gasteiger partial charge in [-0.25, -0.2) is 4.79 Å². The van der Waals surface area contributed by atoms with E-state index in [1.165, 1.54) is 0 Å². The Kier molecular flexibility index (Phi) is 7.03. The van der Waals surface area contributed by atoms with E-state index in [0.717, 1.165) is 32.1 Å². The minimum atomic E-state index is -1.04. The maximum atomic E-state index is 12.9. The van der Waals surface area contributed by atoms with E-state index in [1.807, 2.05) is 0 Å². The molecule has 0 heterocycles. The Labute approximate surface area is 158 Å². The number of Topliss-reactive ketones (excluding diaryl/α,β-unsaturated/α-hetero) is 1. The van der Waals surface area contributed by atoms with Crippen LogP contribution in [0.15, 0.2) is 18.2 Å². The Hall–Kier alpha value is -2.08. The summed E-state index contributed by atoms with van der Waals surface area (Å²) in [5, 5.41) is 3.12. The fraction of sp³-hybridized carbons (Fsp3) is 0.526. The normalized spacial score (nSPS) is 16.2. The lowest BCUT2D eigenvalue weighted by Gasteiger charge is -2.23. The number of nitrogens with two attached hydrogens (primary N) is 1. The Morgan fingerprint density at radius 3 is 2.42 bits per heavy atom. The molecule has 3 N–H and O–H groups in total. The molecule has 142 valence electrons. The topological polar surface area (TPSA) is 98.5 Å². The first-order chi connectivity index (χ1) is 12.3. The first-order valence-electron chi connectivity index (χ1n) is 8.90. The molecule has 6 nitrogen and oxygen atoms in total. The second-order valence-electron chi connectivity index (χ2n) is 6.98. The van der Waals surface area contributed by atoms with Crippen LogP contribution in [-0.2, 0) is 9.53 Å². The van der Waals surface area contributed by atoms with Gasteiger partial charge < -0.3 is 15.8 Å². The zero-order chi connectivity index (χ0) is 19.3. The first kappa shape index (κ1) is 20.2. The fourth-order valence-electron chi connectivity index (χ4n) is 3.24. The van der Waals surface area contributed by atoms with Crippen LogP contribution in [0.4, 0.5) is 10.5 Å². The van der Waals surface area contributed by atoms with Crippen molar-refractivity contribution in [3.05, 3.63) is 28.8 Å². The molecule has 1 aliphatic rings. The predicted octanol–water partition coefficient (Wildman–Crippen LogP) is 4.16. The fourth-order valence-corrected chi connectivity index (χ4v) is 3.41. The van der Waals surface area contributed by atoms with Crippen LogP contribution in [-0.4, -0.2) is 23.9 Å². The van der Waals surface area contributed by atoms with Crippen LogP contribution < -0.4 is 11.1 Å². The minimum absolute atomic E-state index is 0.0144. The van der Waals surface area contributed by atoms with E-state index in [4.69, 9.17) is 22.1 Å². The summed E-state index contributed by atoms with van der Waals surface area (Å²) in [5.41, 5.74) is 5.80. The van der Waals surface area contributed by atoms with Crippen molar-refractivity contribution in [3.63, 3.8) is 0 Å². The predicted molar refractivity (Wildman–Crippen MR) is 100 cm³/mol. The van der Waals surface area contributed by atoms with Gasteiger partial charge in [-0.05, 0) is 37.0 Å². The van der Waals surface area contributed by atoms with Crippen molar-refractivity contribution in [2.45, 2.75) is 52.1 Å². The third-order valence-corrected chi connectivity index (χ3v) is 4.82. The number of halogens is 1. The van der Waals surface area contributed by atoms with Gasteiger partial charge >= 0.3 is 6.09 Å². The van der Waals surface area contributed by atoms with Gasteiger partial charge in [0.05, 0.1) is 5.69 Å². The molecule has 1 aliphatic carbocycles. The summed E-state index contributed by atoms with van der Waals surface area (Å²) >= 11 is 6.07. The number of primary amides is 1. The number of carbonyl (C=O) groups is 3. The van der Waals surface area contributed by atoms with Crippen molar-refractivity contribution in [2.24, 2.45) is 17.6 Å². The van der Waals surface area contributed by atoms with Crippen LogP contribution in [0.5, 0.6) is 0 Å². The second kappa shape index (κ2) is 9.03. The van der Waals surface area contributed by atoms with Gasteiger partial charge in [-0.15, -0.1) is 0 Å². The SMILES string of the molecule is CC(C)C(OC(N)=O)C(=O)Nc1ccc(Cl)cc1C(=O)C1CCCCC1. The van der Waals surface area contributed by atoms with Crippen LogP contribution in [0.3, 0.4) is 0 Å². The molecule has 7 heteroatoms. The van der Waals surface area contributed by atoms with Gasteiger partial charge in [0, 0.05) is 16.5 Å². The summed E-state index contributed by atoms with van der Waals surface area (Å²) in [6, 6.07) is 4.78. The largest absolute Gasteiger partial charge is 0.436 e. The minimum Gasteiger partial charge on any atom is -0.436 e. The number of ether oxygens (including phenoxy) is 1. The molecule has 0 spiro atoms. The molecule has 2 amide bonds. The van der Waals surface area contributed by atoms with E-state index < -0.39 is 18.1 Å². The maximum Gasteiger partial charge on any atom is 0.405 e. The van der Waals surface area contributed by atoms with Gasteiger partial charge in [0.2, 0.25) is 0 Å². The number of benzene rings is 1. The van der Waals surface area contributed by atoms with Gasteiger partial charge in [-0.2, -0.15) is 0 Å². The Balaban J connectivity index is 2.24. The van der Waals surface area contributed by atoms with Crippen LogP contribution in [0, 0.1) is 11.8 Å². The zero-order valence-corrected chi connectivity index (χ0v) is 15.8. The second-order valence-corrected chi connectivity index (χ2v) is 7.42. The third kappa shape index (κ3) is 5.21. The number of nitrogens with one attached hydrogen (secondary N) is 1.